The van der Waals surface area contributed by atoms with Gasteiger partial charge >= 0.3 is 0 Å². The fourth-order valence-electron chi connectivity index (χ4n) is 3.47. The Morgan fingerprint density at radius 3 is 2.63 bits per heavy atom. The summed E-state index contributed by atoms with van der Waals surface area (Å²) in [6, 6.07) is 14.3. The molecular formula is C22H22N4O3S. The monoisotopic (exact) mass is 422 g/mol. The molecule has 0 saturated carbocycles. The second-order valence-electron chi connectivity index (χ2n) is 7.20. The lowest BCUT2D eigenvalue weighted by Gasteiger charge is -2.09. The number of fused-ring (bicyclic) bond motifs is 1. The van der Waals surface area contributed by atoms with Gasteiger partial charge in [0.2, 0.25) is 0 Å². The first kappa shape index (κ1) is 20.0. The van der Waals surface area contributed by atoms with Gasteiger partial charge in [-0.2, -0.15) is 5.10 Å². The minimum Gasteiger partial charge on any atom is -0.271 e. The normalized spacial score (nSPS) is 13.2. The highest BCUT2D eigenvalue weighted by Crippen LogP contribution is 2.28. The van der Waals surface area contributed by atoms with E-state index in [1.165, 1.54) is 34.3 Å². The van der Waals surface area contributed by atoms with Crippen LogP contribution >= 0.6 is 11.3 Å². The number of rotatable bonds is 4. The highest BCUT2D eigenvalue weighted by Gasteiger charge is 2.17. The lowest BCUT2D eigenvalue weighted by Crippen LogP contribution is -2.44. The molecule has 0 aliphatic heterocycles. The third-order valence-electron chi connectivity index (χ3n) is 5.02. The quantitative estimate of drug-likeness (QED) is 0.499. The van der Waals surface area contributed by atoms with Crippen molar-refractivity contribution in [3.8, 4) is 11.3 Å². The summed E-state index contributed by atoms with van der Waals surface area (Å²) in [4.78, 5) is 38.6. The van der Waals surface area contributed by atoms with Gasteiger partial charge in [-0.05, 0) is 43.4 Å². The van der Waals surface area contributed by atoms with Crippen LogP contribution in [0.4, 0.5) is 0 Å². The molecule has 1 aliphatic carbocycles. The van der Waals surface area contributed by atoms with Crippen molar-refractivity contribution in [1.82, 2.24) is 20.6 Å². The maximum Gasteiger partial charge on any atom is 0.279 e. The molecule has 154 valence electrons. The van der Waals surface area contributed by atoms with E-state index in [0.29, 0.717) is 10.6 Å². The fourth-order valence-corrected chi connectivity index (χ4v) is 4.62. The van der Waals surface area contributed by atoms with Crippen LogP contribution in [-0.2, 0) is 24.2 Å². The molecule has 3 aromatic rings. The maximum absolute atomic E-state index is 12.4. The number of nitrogens with zero attached hydrogens (tertiary/aromatic N) is 2. The van der Waals surface area contributed by atoms with E-state index in [9.17, 15) is 14.4 Å². The molecule has 30 heavy (non-hydrogen) atoms. The number of carbonyl (C=O) groups is 2. The zero-order valence-electron chi connectivity index (χ0n) is 16.4. The third-order valence-corrected chi connectivity index (χ3v) is 6.25. The van der Waals surface area contributed by atoms with Crippen molar-refractivity contribution in [1.29, 1.82) is 0 Å². The van der Waals surface area contributed by atoms with Gasteiger partial charge in [0, 0.05) is 16.5 Å². The van der Waals surface area contributed by atoms with Gasteiger partial charge in [0.1, 0.15) is 6.54 Å². The van der Waals surface area contributed by atoms with E-state index in [2.05, 4.69) is 16.0 Å². The van der Waals surface area contributed by atoms with Gasteiger partial charge in [0.25, 0.3) is 17.4 Å². The number of hydrogen-bond donors (Lipinski definition) is 2. The maximum atomic E-state index is 12.4. The molecule has 4 rings (SSSR count). The average Bonchev–Trinajstić information content (AvgIpc) is 3.04. The summed E-state index contributed by atoms with van der Waals surface area (Å²) in [5.41, 5.74) is 7.10. The van der Waals surface area contributed by atoms with Gasteiger partial charge in [-0.1, -0.05) is 36.8 Å². The number of aromatic nitrogens is 2. The van der Waals surface area contributed by atoms with Crippen molar-refractivity contribution >= 4 is 23.2 Å². The summed E-state index contributed by atoms with van der Waals surface area (Å²) in [6.07, 6.45) is 5.52. The zero-order valence-corrected chi connectivity index (χ0v) is 17.2. The molecule has 0 unspecified atom stereocenters. The van der Waals surface area contributed by atoms with Crippen LogP contribution in [0.25, 0.3) is 11.3 Å². The number of carbonyl (C=O) groups excluding carboxylic acids is 2. The number of thiophene rings is 1. The molecule has 0 atom stereocenters. The van der Waals surface area contributed by atoms with Gasteiger partial charge in [-0.3, -0.25) is 25.2 Å². The number of amides is 2. The molecule has 1 aromatic carbocycles. The van der Waals surface area contributed by atoms with Gasteiger partial charge in [-0.15, -0.1) is 11.3 Å². The minimum atomic E-state index is -0.527. The molecule has 2 heterocycles. The Morgan fingerprint density at radius 2 is 1.80 bits per heavy atom. The second kappa shape index (κ2) is 9.04. The van der Waals surface area contributed by atoms with Crippen molar-refractivity contribution in [3.63, 3.8) is 0 Å². The van der Waals surface area contributed by atoms with E-state index in [1.807, 2.05) is 36.4 Å². The molecule has 8 heteroatoms. The van der Waals surface area contributed by atoms with Gasteiger partial charge < -0.3 is 0 Å². The Kier molecular flexibility index (Phi) is 6.04. The first-order valence-corrected chi connectivity index (χ1v) is 10.8. The first-order chi connectivity index (χ1) is 14.6. The lowest BCUT2D eigenvalue weighted by molar-refractivity contribution is -0.122. The molecule has 0 bridgehead atoms. The molecule has 2 N–H and O–H groups in total. The van der Waals surface area contributed by atoms with E-state index in [0.717, 1.165) is 35.9 Å². The largest absolute Gasteiger partial charge is 0.279 e. The van der Waals surface area contributed by atoms with E-state index >= 15 is 0 Å². The Bertz CT molecular complexity index is 1100. The van der Waals surface area contributed by atoms with Crippen molar-refractivity contribution < 1.29 is 9.59 Å². The lowest BCUT2D eigenvalue weighted by atomic mass is 10.1. The van der Waals surface area contributed by atoms with E-state index < -0.39 is 11.5 Å². The summed E-state index contributed by atoms with van der Waals surface area (Å²) in [5.74, 6) is -0.874. The Morgan fingerprint density at radius 1 is 1.00 bits per heavy atom. The van der Waals surface area contributed by atoms with E-state index in [4.69, 9.17) is 0 Å². The molecule has 0 spiro atoms. The standard InChI is InChI=1S/C22H22N4O3S/c27-20(14-26-21(28)12-11-17(25-26)15-7-3-1-4-8-15)23-24-22(29)19-13-16-9-5-2-6-10-18(16)30-19/h1,3-4,7-8,11-13H,2,5-6,9-10,14H2,(H,23,27)(H,24,29). The van der Waals surface area contributed by atoms with Crippen LogP contribution in [0.5, 0.6) is 0 Å². The van der Waals surface area contributed by atoms with Crippen molar-refractivity contribution in [2.45, 2.75) is 38.6 Å². The van der Waals surface area contributed by atoms with Crippen LogP contribution in [0, 0.1) is 0 Å². The third kappa shape index (κ3) is 4.65. The predicted molar refractivity (Wildman–Crippen MR) is 115 cm³/mol. The predicted octanol–water partition coefficient (Wildman–Crippen LogP) is 2.70. The Labute approximate surface area is 177 Å². The summed E-state index contributed by atoms with van der Waals surface area (Å²) in [7, 11) is 0. The first-order valence-electron chi connectivity index (χ1n) is 9.94. The molecule has 1 aliphatic rings. The average molecular weight is 423 g/mol. The SMILES string of the molecule is O=C(Cn1nc(-c2ccccc2)ccc1=O)NNC(=O)c1cc2c(s1)CCCCC2. The summed E-state index contributed by atoms with van der Waals surface area (Å²) >= 11 is 1.48. The summed E-state index contributed by atoms with van der Waals surface area (Å²) in [6.45, 7) is -0.291. The van der Waals surface area contributed by atoms with E-state index in [1.54, 1.807) is 6.07 Å². The fraction of sp³-hybridized carbons (Fsp3) is 0.273. The number of aryl methyl sites for hydroxylation is 2. The Balaban J connectivity index is 1.38. The number of benzene rings is 1. The topological polar surface area (TPSA) is 93.1 Å². The molecule has 2 amide bonds. The number of nitrogens with one attached hydrogen (secondary N) is 2. The molecule has 0 radical (unpaired) electrons. The smallest absolute Gasteiger partial charge is 0.271 e. The summed E-state index contributed by atoms with van der Waals surface area (Å²) in [5, 5.41) is 4.25. The van der Waals surface area contributed by atoms with Crippen LogP contribution in [0.1, 0.15) is 39.4 Å². The minimum absolute atomic E-state index is 0.291. The molecular weight excluding hydrogens is 400 g/mol. The van der Waals surface area contributed by atoms with E-state index in [-0.39, 0.29) is 12.5 Å². The second-order valence-corrected chi connectivity index (χ2v) is 8.34. The van der Waals surface area contributed by atoms with Gasteiger partial charge in [0.05, 0.1) is 10.6 Å². The molecule has 7 nitrogen and oxygen atoms in total. The van der Waals surface area contributed by atoms with Crippen LogP contribution in [0.15, 0.2) is 53.3 Å². The number of hydrazine groups is 1. The number of hydrogen-bond acceptors (Lipinski definition) is 5. The zero-order chi connectivity index (χ0) is 20.9. The van der Waals surface area contributed by atoms with Crippen LogP contribution in [0.2, 0.25) is 0 Å². The van der Waals surface area contributed by atoms with Crippen molar-refractivity contribution in [2.75, 3.05) is 0 Å². The highest BCUT2D eigenvalue weighted by atomic mass is 32.1. The Hall–Kier alpha value is -3.26. The van der Waals surface area contributed by atoms with Gasteiger partial charge in [0.15, 0.2) is 0 Å². The molecule has 2 aromatic heterocycles. The highest BCUT2D eigenvalue weighted by molar-refractivity contribution is 7.14. The van der Waals surface area contributed by atoms with Crippen LogP contribution < -0.4 is 16.4 Å². The molecule has 0 fully saturated rings. The van der Waals surface area contributed by atoms with Gasteiger partial charge in [-0.25, -0.2) is 4.68 Å². The van der Waals surface area contributed by atoms with Crippen LogP contribution in [-0.4, -0.2) is 21.6 Å². The van der Waals surface area contributed by atoms with Crippen molar-refractivity contribution in [3.05, 3.63) is 74.2 Å². The van der Waals surface area contributed by atoms with Crippen LogP contribution in [0.3, 0.4) is 0 Å². The van der Waals surface area contributed by atoms with Crippen molar-refractivity contribution in [2.24, 2.45) is 0 Å². The molecule has 0 saturated heterocycles. The summed E-state index contributed by atoms with van der Waals surface area (Å²) < 4.78 is 1.08.